The molecule has 0 N–H and O–H groups in total. The molecule has 1 aromatic rings. The predicted octanol–water partition coefficient (Wildman–Crippen LogP) is 4.24. The van der Waals surface area contributed by atoms with Crippen LogP contribution in [0.3, 0.4) is 0 Å². The summed E-state index contributed by atoms with van der Waals surface area (Å²) in [5.74, 6) is 2.16. The first-order valence-electron chi connectivity index (χ1n) is 10.0. The second-order valence-electron chi connectivity index (χ2n) is 8.58. The molecule has 0 spiro atoms. The van der Waals surface area contributed by atoms with Crippen LogP contribution in [0.15, 0.2) is 23.1 Å². The fourth-order valence-corrected chi connectivity index (χ4v) is 7.51. The van der Waals surface area contributed by atoms with E-state index in [2.05, 4.69) is 19.1 Å². The molecule has 3 aliphatic rings. The van der Waals surface area contributed by atoms with Crippen LogP contribution >= 0.6 is 11.8 Å². The van der Waals surface area contributed by atoms with E-state index in [0.717, 1.165) is 31.4 Å². The van der Waals surface area contributed by atoms with Crippen LogP contribution in [0.1, 0.15) is 44.1 Å². The molecule has 0 aromatic heterocycles. The summed E-state index contributed by atoms with van der Waals surface area (Å²) in [5, 5.41) is 0.376. The Kier molecular flexibility index (Phi) is 5.64. The molecule has 1 aromatic carbocycles. The van der Waals surface area contributed by atoms with Crippen LogP contribution in [0.4, 0.5) is 0 Å². The van der Waals surface area contributed by atoms with Gasteiger partial charge in [0.25, 0.3) is 0 Å². The highest BCUT2D eigenvalue weighted by Crippen LogP contribution is 2.62. The number of methoxy groups -OCH3 is 3. The fourth-order valence-electron chi connectivity index (χ4n) is 5.75. The van der Waals surface area contributed by atoms with Crippen molar-refractivity contribution in [2.24, 2.45) is 17.3 Å². The first-order valence-corrected chi connectivity index (χ1v) is 10.9. The molecule has 2 aliphatic carbocycles. The molecule has 0 amide bonds. The maximum Gasteiger partial charge on any atom is 0.311 e. The molecule has 4 rings (SSSR count). The Labute approximate surface area is 171 Å². The number of carbonyl (C=O) groups is 1. The van der Waals surface area contributed by atoms with Gasteiger partial charge in [0.1, 0.15) is 12.5 Å². The monoisotopic (exact) mass is 406 g/mol. The van der Waals surface area contributed by atoms with Crippen molar-refractivity contribution in [3.63, 3.8) is 0 Å². The van der Waals surface area contributed by atoms with E-state index in [1.165, 1.54) is 17.6 Å². The van der Waals surface area contributed by atoms with Crippen molar-refractivity contribution < 1.29 is 23.7 Å². The van der Waals surface area contributed by atoms with Crippen LogP contribution in [0.25, 0.3) is 0 Å². The predicted molar refractivity (Wildman–Crippen MR) is 108 cm³/mol. The summed E-state index contributed by atoms with van der Waals surface area (Å²) in [6, 6.07) is 6.37. The van der Waals surface area contributed by atoms with Gasteiger partial charge in [0, 0.05) is 17.3 Å². The lowest BCUT2D eigenvalue weighted by molar-refractivity contribution is -0.158. The average Bonchev–Trinajstić information content (AvgIpc) is 2.71. The number of hydrogen-bond donors (Lipinski definition) is 0. The number of benzene rings is 1. The molecule has 154 valence electrons. The summed E-state index contributed by atoms with van der Waals surface area (Å²) in [7, 11) is 4.88. The number of thioether (sulfide) groups is 1. The number of hydrogen-bond acceptors (Lipinski definition) is 6. The Hall–Kier alpha value is -1.24. The molecule has 1 aliphatic heterocycles. The van der Waals surface area contributed by atoms with E-state index >= 15 is 0 Å². The Morgan fingerprint density at radius 3 is 2.75 bits per heavy atom. The first kappa shape index (κ1) is 20.0. The van der Waals surface area contributed by atoms with E-state index in [1.807, 2.05) is 17.8 Å². The molecule has 0 unspecified atom stereocenters. The molecule has 1 heterocycles. The highest BCUT2D eigenvalue weighted by atomic mass is 32.2. The van der Waals surface area contributed by atoms with Gasteiger partial charge in [-0.3, -0.25) is 4.79 Å². The van der Waals surface area contributed by atoms with Gasteiger partial charge in [0.2, 0.25) is 0 Å². The number of esters is 1. The van der Waals surface area contributed by atoms with Crippen molar-refractivity contribution in [3.05, 3.63) is 23.8 Å². The molecule has 28 heavy (non-hydrogen) atoms. The molecule has 0 bridgehead atoms. The van der Waals surface area contributed by atoms with Crippen LogP contribution < -0.4 is 4.74 Å². The van der Waals surface area contributed by atoms with E-state index in [0.29, 0.717) is 29.8 Å². The maximum absolute atomic E-state index is 12.7. The standard InChI is InChI=1S/C22H30O5S/c1-22(21(23)26-4)10-13-5-8-17(27-12-24-2)20-19(13)16(11-22)15-7-6-14(25-3)9-18(15)28-20/h6-7,9,13,16-17,19-20H,5,8,10-12H2,1-4H3/t13-,16+,17-,19+,20+,22+/m0/s1. The number of rotatable bonds is 5. The Bertz CT molecular complexity index is 738. The van der Waals surface area contributed by atoms with Crippen LogP contribution in [0.5, 0.6) is 5.75 Å². The lowest BCUT2D eigenvalue weighted by Gasteiger charge is -2.55. The van der Waals surface area contributed by atoms with E-state index in [-0.39, 0.29) is 12.1 Å². The molecule has 0 saturated heterocycles. The van der Waals surface area contributed by atoms with Gasteiger partial charge < -0.3 is 18.9 Å². The van der Waals surface area contributed by atoms with Crippen LogP contribution in [-0.2, 0) is 19.0 Å². The number of carbonyl (C=O) groups excluding carboxylic acids is 1. The van der Waals surface area contributed by atoms with Gasteiger partial charge in [0.05, 0.1) is 25.7 Å². The van der Waals surface area contributed by atoms with Crippen molar-refractivity contribution in [1.82, 2.24) is 0 Å². The molecule has 0 radical (unpaired) electrons. The van der Waals surface area contributed by atoms with Gasteiger partial charge in [-0.25, -0.2) is 0 Å². The Morgan fingerprint density at radius 2 is 2.04 bits per heavy atom. The summed E-state index contributed by atoms with van der Waals surface area (Å²) in [6.45, 7) is 2.41. The normalized spacial score (nSPS) is 36.2. The fraction of sp³-hybridized carbons (Fsp3) is 0.682. The summed E-state index contributed by atoms with van der Waals surface area (Å²) in [6.07, 6.45) is 4.00. The molecule has 2 fully saturated rings. The van der Waals surface area contributed by atoms with Crippen molar-refractivity contribution in [1.29, 1.82) is 0 Å². The zero-order valence-electron chi connectivity index (χ0n) is 17.1. The largest absolute Gasteiger partial charge is 0.497 e. The maximum atomic E-state index is 12.7. The number of fused-ring (bicyclic) bond motifs is 2. The van der Waals surface area contributed by atoms with Crippen molar-refractivity contribution in [2.45, 2.75) is 54.8 Å². The van der Waals surface area contributed by atoms with Crippen LogP contribution in [0, 0.1) is 17.3 Å². The van der Waals surface area contributed by atoms with Crippen molar-refractivity contribution in [3.8, 4) is 5.75 Å². The first-order chi connectivity index (χ1) is 13.5. The van der Waals surface area contributed by atoms with E-state index in [4.69, 9.17) is 18.9 Å². The third-order valence-corrected chi connectivity index (χ3v) is 8.42. The van der Waals surface area contributed by atoms with Crippen molar-refractivity contribution >= 4 is 17.7 Å². The zero-order valence-corrected chi connectivity index (χ0v) is 17.9. The summed E-state index contributed by atoms with van der Waals surface area (Å²) < 4.78 is 22.0. The lowest BCUT2D eigenvalue weighted by atomic mass is 9.55. The minimum Gasteiger partial charge on any atom is -0.497 e. The molecule has 6 atom stereocenters. The third kappa shape index (κ3) is 3.33. The highest BCUT2D eigenvalue weighted by Gasteiger charge is 2.56. The highest BCUT2D eigenvalue weighted by molar-refractivity contribution is 8.00. The quantitative estimate of drug-likeness (QED) is 0.538. The van der Waals surface area contributed by atoms with Gasteiger partial charge in [-0.2, -0.15) is 0 Å². The molecule has 6 heteroatoms. The zero-order chi connectivity index (χ0) is 19.9. The van der Waals surface area contributed by atoms with E-state index < -0.39 is 5.41 Å². The topological polar surface area (TPSA) is 54.0 Å². The van der Waals surface area contributed by atoms with Gasteiger partial charge >= 0.3 is 5.97 Å². The summed E-state index contributed by atoms with van der Waals surface area (Å²) in [4.78, 5) is 13.9. The Morgan fingerprint density at radius 1 is 1.21 bits per heavy atom. The second kappa shape index (κ2) is 7.88. The molecular weight excluding hydrogens is 376 g/mol. The van der Waals surface area contributed by atoms with Crippen LogP contribution in [0.2, 0.25) is 0 Å². The SMILES string of the molecule is COCO[C@H]1CC[C@H]2C[C@@](C)(C(=O)OC)C[C@@H]3c4ccc(OC)cc4S[C@H]1[C@H]23. The van der Waals surface area contributed by atoms with Gasteiger partial charge in [-0.05, 0) is 68.1 Å². The Balaban J connectivity index is 1.74. The van der Waals surface area contributed by atoms with E-state index in [1.54, 1.807) is 14.2 Å². The molecule has 5 nitrogen and oxygen atoms in total. The summed E-state index contributed by atoms with van der Waals surface area (Å²) in [5.41, 5.74) is 0.921. The van der Waals surface area contributed by atoms with Crippen molar-refractivity contribution in [2.75, 3.05) is 28.1 Å². The second-order valence-corrected chi connectivity index (χ2v) is 9.80. The average molecular weight is 407 g/mol. The van der Waals surface area contributed by atoms with E-state index in [9.17, 15) is 4.79 Å². The van der Waals surface area contributed by atoms with Gasteiger partial charge in [0.15, 0.2) is 0 Å². The lowest BCUT2D eigenvalue weighted by Crippen LogP contribution is -2.52. The smallest absolute Gasteiger partial charge is 0.311 e. The van der Waals surface area contributed by atoms with Crippen LogP contribution in [-0.4, -0.2) is 45.4 Å². The molecular formula is C22H30O5S. The van der Waals surface area contributed by atoms with Gasteiger partial charge in [-0.1, -0.05) is 6.07 Å². The summed E-state index contributed by atoms with van der Waals surface area (Å²) >= 11 is 1.92. The number of ether oxygens (including phenoxy) is 4. The molecule has 2 saturated carbocycles. The minimum atomic E-state index is -0.426. The third-order valence-electron chi connectivity index (χ3n) is 6.92. The minimum absolute atomic E-state index is 0.0754. The van der Waals surface area contributed by atoms with Gasteiger partial charge in [-0.15, -0.1) is 11.8 Å².